The van der Waals surface area contributed by atoms with Gasteiger partial charge in [-0.1, -0.05) is 45.0 Å². The number of hydrogen-bond donors (Lipinski definition) is 0. The fourth-order valence-electron chi connectivity index (χ4n) is 3.66. The lowest BCUT2D eigenvalue weighted by atomic mass is 9.85. The van der Waals surface area contributed by atoms with Crippen LogP contribution in [0.3, 0.4) is 0 Å². The monoisotopic (exact) mass is 434 g/mol. The number of benzene rings is 3. The standard InChI is InChI=1S/C27H30O5/c1-27(2,3)19-12-8-17(9-13-19)23-21(16-22(30-5)25(31-6)26(23)32-7)24(28)18-10-14-20(29-4)15-11-18/h8-16H,1-7H3. The van der Waals surface area contributed by atoms with Gasteiger partial charge in [-0.2, -0.15) is 0 Å². The van der Waals surface area contributed by atoms with Gasteiger partial charge in [-0.15, -0.1) is 0 Å². The van der Waals surface area contributed by atoms with Crippen molar-refractivity contribution in [1.29, 1.82) is 0 Å². The highest BCUT2D eigenvalue weighted by Crippen LogP contribution is 2.47. The van der Waals surface area contributed by atoms with E-state index in [9.17, 15) is 4.79 Å². The predicted octanol–water partition coefficient (Wildman–Crippen LogP) is 5.92. The van der Waals surface area contributed by atoms with Crippen LogP contribution in [0, 0.1) is 0 Å². The van der Waals surface area contributed by atoms with E-state index in [1.807, 2.05) is 12.1 Å². The molecule has 0 atom stereocenters. The van der Waals surface area contributed by atoms with Gasteiger partial charge >= 0.3 is 0 Å². The minimum absolute atomic E-state index is 0.0158. The fraction of sp³-hybridized carbons (Fsp3) is 0.296. The number of rotatable bonds is 7. The molecule has 0 aliphatic heterocycles. The van der Waals surface area contributed by atoms with Crippen LogP contribution >= 0.6 is 0 Å². The van der Waals surface area contributed by atoms with Gasteiger partial charge in [-0.25, -0.2) is 0 Å². The second-order valence-electron chi connectivity index (χ2n) is 8.45. The van der Waals surface area contributed by atoms with E-state index < -0.39 is 0 Å². The molecule has 0 aliphatic rings. The zero-order valence-electron chi connectivity index (χ0n) is 19.7. The summed E-state index contributed by atoms with van der Waals surface area (Å²) in [6.45, 7) is 6.49. The highest BCUT2D eigenvalue weighted by atomic mass is 16.5. The van der Waals surface area contributed by atoms with Crippen LogP contribution in [0.25, 0.3) is 11.1 Å². The molecule has 0 N–H and O–H groups in total. The van der Waals surface area contributed by atoms with E-state index in [1.165, 1.54) is 12.7 Å². The average Bonchev–Trinajstić information content (AvgIpc) is 2.81. The van der Waals surface area contributed by atoms with Crippen LogP contribution in [-0.4, -0.2) is 34.2 Å². The van der Waals surface area contributed by atoms with E-state index in [0.29, 0.717) is 39.7 Å². The van der Waals surface area contributed by atoms with Gasteiger partial charge in [-0.3, -0.25) is 4.79 Å². The Kier molecular flexibility index (Phi) is 6.78. The highest BCUT2D eigenvalue weighted by Gasteiger charge is 2.26. The van der Waals surface area contributed by atoms with Crippen molar-refractivity contribution in [1.82, 2.24) is 0 Å². The van der Waals surface area contributed by atoms with Crippen LogP contribution < -0.4 is 18.9 Å². The maximum Gasteiger partial charge on any atom is 0.203 e. The van der Waals surface area contributed by atoms with Crippen molar-refractivity contribution in [2.75, 3.05) is 28.4 Å². The van der Waals surface area contributed by atoms with E-state index in [2.05, 4.69) is 32.9 Å². The van der Waals surface area contributed by atoms with E-state index in [-0.39, 0.29) is 11.2 Å². The number of ketones is 1. The molecule has 0 amide bonds. The molecule has 0 radical (unpaired) electrons. The number of carbonyl (C=O) groups is 1. The smallest absolute Gasteiger partial charge is 0.203 e. The van der Waals surface area contributed by atoms with Gasteiger partial charge < -0.3 is 18.9 Å². The van der Waals surface area contributed by atoms with Crippen molar-refractivity contribution < 1.29 is 23.7 Å². The Bertz CT molecular complexity index is 1090. The normalized spacial score (nSPS) is 11.1. The number of ether oxygens (including phenoxy) is 4. The van der Waals surface area contributed by atoms with Crippen molar-refractivity contribution in [2.45, 2.75) is 26.2 Å². The van der Waals surface area contributed by atoms with Crippen molar-refractivity contribution in [3.05, 3.63) is 71.3 Å². The van der Waals surface area contributed by atoms with Crippen LogP contribution in [0.15, 0.2) is 54.6 Å². The minimum atomic E-state index is -0.151. The van der Waals surface area contributed by atoms with Gasteiger partial charge in [0.15, 0.2) is 17.3 Å². The molecule has 168 valence electrons. The summed E-state index contributed by atoms with van der Waals surface area (Å²) in [4.78, 5) is 13.6. The third kappa shape index (κ3) is 4.42. The van der Waals surface area contributed by atoms with Gasteiger partial charge in [0.05, 0.1) is 28.4 Å². The van der Waals surface area contributed by atoms with Crippen LogP contribution in [0.5, 0.6) is 23.0 Å². The fourth-order valence-corrected chi connectivity index (χ4v) is 3.66. The summed E-state index contributed by atoms with van der Waals surface area (Å²) >= 11 is 0. The first-order chi connectivity index (χ1) is 15.2. The van der Waals surface area contributed by atoms with Crippen LogP contribution in [0.1, 0.15) is 42.3 Å². The number of carbonyl (C=O) groups excluding carboxylic acids is 1. The van der Waals surface area contributed by atoms with Gasteiger partial charge in [0.2, 0.25) is 5.75 Å². The SMILES string of the molecule is COc1ccc(C(=O)c2cc(OC)c(OC)c(OC)c2-c2ccc(C(C)(C)C)cc2)cc1. The molecular formula is C27H30O5. The molecule has 0 aromatic heterocycles. The predicted molar refractivity (Wildman–Crippen MR) is 127 cm³/mol. The number of hydrogen-bond acceptors (Lipinski definition) is 5. The molecule has 5 heteroatoms. The molecule has 5 nitrogen and oxygen atoms in total. The second kappa shape index (κ2) is 9.35. The summed E-state index contributed by atoms with van der Waals surface area (Å²) in [6, 6.07) is 16.9. The Morgan fingerprint density at radius 2 is 1.31 bits per heavy atom. The summed E-state index contributed by atoms with van der Waals surface area (Å²) in [5.41, 5.74) is 3.73. The first kappa shape index (κ1) is 23.2. The van der Waals surface area contributed by atoms with Gasteiger partial charge in [-0.05, 0) is 46.9 Å². The highest BCUT2D eigenvalue weighted by molar-refractivity contribution is 6.14. The Morgan fingerprint density at radius 1 is 0.719 bits per heavy atom. The Labute approximate surface area is 189 Å². The Balaban J connectivity index is 2.26. The van der Waals surface area contributed by atoms with Crippen LogP contribution in [0.4, 0.5) is 0 Å². The largest absolute Gasteiger partial charge is 0.497 e. The molecule has 0 spiro atoms. The zero-order chi connectivity index (χ0) is 23.5. The molecule has 3 rings (SSSR count). The molecule has 0 unspecified atom stereocenters. The molecule has 0 fully saturated rings. The molecule has 0 heterocycles. The lowest BCUT2D eigenvalue weighted by Gasteiger charge is -2.22. The summed E-state index contributed by atoms with van der Waals surface area (Å²) in [6.07, 6.45) is 0. The van der Waals surface area contributed by atoms with Gasteiger partial charge in [0.1, 0.15) is 5.75 Å². The molecule has 0 aliphatic carbocycles. The number of methoxy groups -OCH3 is 4. The summed E-state index contributed by atoms with van der Waals surface area (Å²) in [5.74, 6) is 1.85. The third-order valence-electron chi connectivity index (χ3n) is 5.47. The second-order valence-corrected chi connectivity index (χ2v) is 8.45. The maximum atomic E-state index is 13.6. The van der Waals surface area contributed by atoms with E-state index in [0.717, 1.165) is 5.56 Å². The molecule has 32 heavy (non-hydrogen) atoms. The van der Waals surface area contributed by atoms with E-state index in [4.69, 9.17) is 18.9 Å². The van der Waals surface area contributed by atoms with E-state index in [1.54, 1.807) is 51.7 Å². The van der Waals surface area contributed by atoms with Crippen molar-refractivity contribution in [3.8, 4) is 34.1 Å². The first-order valence-electron chi connectivity index (χ1n) is 10.4. The lowest BCUT2D eigenvalue weighted by Crippen LogP contribution is -2.11. The summed E-state index contributed by atoms with van der Waals surface area (Å²) < 4.78 is 22.1. The molecule has 3 aromatic carbocycles. The van der Waals surface area contributed by atoms with Gasteiger partial charge in [0, 0.05) is 16.7 Å². The van der Waals surface area contributed by atoms with Crippen LogP contribution in [-0.2, 0) is 5.41 Å². The maximum absolute atomic E-state index is 13.6. The lowest BCUT2D eigenvalue weighted by molar-refractivity contribution is 0.103. The van der Waals surface area contributed by atoms with Crippen molar-refractivity contribution in [3.63, 3.8) is 0 Å². The first-order valence-corrected chi connectivity index (χ1v) is 10.4. The minimum Gasteiger partial charge on any atom is -0.497 e. The average molecular weight is 435 g/mol. The molecule has 0 saturated carbocycles. The molecule has 0 bridgehead atoms. The molecular weight excluding hydrogens is 404 g/mol. The molecule has 3 aromatic rings. The van der Waals surface area contributed by atoms with Crippen LogP contribution in [0.2, 0.25) is 0 Å². The molecule has 0 saturated heterocycles. The Hall–Kier alpha value is -3.47. The third-order valence-corrected chi connectivity index (χ3v) is 5.47. The van der Waals surface area contributed by atoms with Gasteiger partial charge in [0.25, 0.3) is 0 Å². The summed E-state index contributed by atoms with van der Waals surface area (Å²) in [7, 11) is 6.25. The van der Waals surface area contributed by atoms with E-state index >= 15 is 0 Å². The zero-order valence-corrected chi connectivity index (χ0v) is 19.7. The Morgan fingerprint density at radius 3 is 1.78 bits per heavy atom. The van der Waals surface area contributed by atoms with Crippen molar-refractivity contribution >= 4 is 5.78 Å². The van der Waals surface area contributed by atoms with Crippen molar-refractivity contribution in [2.24, 2.45) is 0 Å². The summed E-state index contributed by atoms with van der Waals surface area (Å²) in [5, 5.41) is 0. The topological polar surface area (TPSA) is 54.0 Å². The quantitative estimate of drug-likeness (QED) is 0.432.